The Morgan fingerprint density at radius 3 is 1.80 bits per heavy atom. The lowest BCUT2D eigenvalue weighted by Gasteiger charge is -2.18. The van der Waals surface area contributed by atoms with Crippen LogP contribution in [0.3, 0.4) is 0 Å². The maximum absolute atomic E-state index is 12.9. The van der Waals surface area contributed by atoms with Gasteiger partial charge in [-0.05, 0) is 47.9 Å². The van der Waals surface area contributed by atoms with E-state index in [2.05, 4.69) is 30.8 Å². The zero-order valence-electron chi connectivity index (χ0n) is 27.7. The van der Waals surface area contributed by atoms with Gasteiger partial charge in [0, 0.05) is 28.7 Å². The molecule has 3 aromatic carbocycles. The van der Waals surface area contributed by atoms with Crippen LogP contribution in [0.2, 0.25) is 0 Å². The third-order valence-electron chi connectivity index (χ3n) is 8.33. The van der Waals surface area contributed by atoms with Crippen molar-refractivity contribution in [3.05, 3.63) is 102 Å². The van der Waals surface area contributed by atoms with Gasteiger partial charge in [0.15, 0.2) is 0 Å². The highest BCUT2D eigenvalue weighted by atomic mass is 32.2. The van der Waals surface area contributed by atoms with E-state index in [0.29, 0.717) is 12.1 Å². The van der Waals surface area contributed by atoms with Crippen molar-refractivity contribution in [1.82, 2.24) is 5.32 Å². The third-order valence-corrected chi connectivity index (χ3v) is 10.4. The molecular weight excluding hydrogens is 611 g/mol. The summed E-state index contributed by atoms with van der Waals surface area (Å²) in [5.41, 5.74) is 2.57. The largest absolute Gasteiger partial charge is 0.352 e. The van der Waals surface area contributed by atoms with E-state index in [1.807, 2.05) is 42.5 Å². The topological polar surface area (TPSA) is 83.5 Å². The Morgan fingerprint density at radius 1 is 0.717 bits per heavy atom. The molecule has 0 saturated heterocycles. The van der Waals surface area contributed by atoms with Crippen molar-refractivity contribution in [2.45, 2.75) is 125 Å². The molecule has 46 heavy (non-hydrogen) atoms. The second kappa shape index (κ2) is 22.0. The van der Waals surface area contributed by atoms with Crippen LogP contribution in [0.5, 0.6) is 0 Å². The zero-order valence-corrected chi connectivity index (χ0v) is 29.3. The van der Waals surface area contributed by atoms with E-state index in [0.717, 1.165) is 28.9 Å². The van der Waals surface area contributed by atoms with Gasteiger partial charge in [-0.3, -0.25) is 9.35 Å². The molecular formula is C39H54NO4S2. The summed E-state index contributed by atoms with van der Waals surface area (Å²) in [6.07, 6.45) is 23.4. The molecule has 3 aromatic rings. The van der Waals surface area contributed by atoms with E-state index < -0.39 is 10.1 Å². The lowest BCUT2D eigenvalue weighted by Crippen LogP contribution is -2.24. The number of thioether (sulfide) groups is 1. The molecule has 1 atom stereocenters. The van der Waals surface area contributed by atoms with E-state index in [1.165, 1.54) is 102 Å². The average Bonchev–Trinajstić information content (AvgIpc) is 3.06. The predicted octanol–water partition coefficient (Wildman–Crippen LogP) is 11.0. The van der Waals surface area contributed by atoms with Gasteiger partial charge in [0.2, 0.25) is 0 Å². The molecule has 0 spiro atoms. The lowest BCUT2D eigenvalue weighted by atomic mass is 10.0. The number of carbonyl (C=O) groups is 1. The van der Waals surface area contributed by atoms with Crippen LogP contribution in [0.25, 0.3) is 0 Å². The van der Waals surface area contributed by atoms with Crippen LogP contribution in [0, 0.1) is 6.42 Å². The summed E-state index contributed by atoms with van der Waals surface area (Å²) in [4.78, 5) is 13.8. The van der Waals surface area contributed by atoms with Gasteiger partial charge >= 0.3 is 0 Å². The van der Waals surface area contributed by atoms with E-state index in [4.69, 9.17) is 0 Å². The van der Waals surface area contributed by atoms with Crippen molar-refractivity contribution < 1.29 is 17.8 Å². The normalized spacial score (nSPS) is 12.2. The Morgan fingerprint density at radius 2 is 1.26 bits per heavy atom. The van der Waals surface area contributed by atoms with E-state index in [9.17, 15) is 17.8 Å². The summed E-state index contributed by atoms with van der Waals surface area (Å²) in [5.74, 6) is -0.0514. The molecule has 0 aromatic heterocycles. The highest BCUT2D eigenvalue weighted by molar-refractivity contribution is 7.99. The van der Waals surface area contributed by atoms with Gasteiger partial charge in [0.1, 0.15) is 0 Å². The van der Waals surface area contributed by atoms with Crippen molar-refractivity contribution in [1.29, 1.82) is 0 Å². The molecule has 0 heterocycles. The molecule has 1 radical (unpaired) electrons. The quantitative estimate of drug-likeness (QED) is 0.0565. The van der Waals surface area contributed by atoms with Crippen LogP contribution in [0.1, 0.15) is 136 Å². The second-order valence-electron chi connectivity index (χ2n) is 12.2. The Labute approximate surface area is 283 Å². The highest BCUT2D eigenvalue weighted by Gasteiger charge is 2.17. The minimum atomic E-state index is -4.24. The Kier molecular flexibility index (Phi) is 18.1. The number of nitrogens with one attached hydrogen (secondary N) is 1. The molecule has 0 saturated carbocycles. The van der Waals surface area contributed by atoms with Gasteiger partial charge in [-0.15, -0.1) is 11.8 Å². The Hall–Kier alpha value is -2.61. The monoisotopic (exact) mass is 664 g/mol. The average molecular weight is 665 g/mol. The smallest absolute Gasteiger partial charge is 0.294 e. The van der Waals surface area contributed by atoms with Gasteiger partial charge in [-0.1, -0.05) is 152 Å². The predicted molar refractivity (Wildman–Crippen MR) is 193 cm³/mol. The number of hydrogen-bond acceptors (Lipinski definition) is 4. The third kappa shape index (κ3) is 15.3. The fraction of sp³-hybridized carbons (Fsp3) is 0.487. The standard InChI is InChI=1S/C39H54NO4S2/c1-2-3-4-5-6-7-8-9-10-11-12-13-14-15-16-20-30-40-39(41)35-24-21-25-36(32-35)45-38(34-22-18-17-19-23-34)31-33-26-28-37(29-27-33)46(42,43)44/h17-19,21-29,31-32,38H,2-16,20,30H2,1H3,(H,40,41)(H,42,43,44). The Balaban J connectivity index is 1.34. The minimum absolute atomic E-state index is 0.0514. The zero-order chi connectivity index (χ0) is 32.9. The van der Waals surface area contributed by atoms with Gasteiger partial charge in [-0.25, -0.2) is 0 Å². The summed E-state index contributed by atoms with van der Waals surface area (Å²) in [7, 11) is -4.24. The highest BCUT2D eigenvalue weighted by Crippen LogP contribution is 2.39. The lowest BCUT2D eigenvalue weighted by molar-refractivity contribution is 0.0952. The van der Waals surface area contributed by atoms with Gasteiger partial charge < -0.3 is 5.32 Å². The maximum atomic E-state index is 12.9. The van der Waals surface area contributed by atoms with Crippen LogP contribution in [0.4, 0.5) is 0 Å². The summed E-state index contributed by atoms with van der Waals surface area (Å²) in [6.45, 7) is 2.96. The maximum Gasteiger partial charge on any atom is 0.294 e. The first-order valence-electron chi connectivity index (χ1n) is 17.4. The molecule has 0 aliphatic carbocycles. The van der Waals surface area contributed by atoms with E-state index in [-0.39, 0.29) is 16.1 Å². The summed E-state index contributed by atoms with van der Waals surface area (Å²) >= 11 is 1.63. The molecule has 0 bridgehead atoms. The number of rotatable bonds is 24. The molecule has 5 nitrogen and oxygen atoms in total. The van der Waals surface area contributed by atoms with Crippen LogP contribution in [-0.2, 0) is 10.1 Å². The molecule has 0 aliphatic rings. The Bertz CT molecular complexity index is 1360. The molecule has 0 fully saturated rings. The van der Waals surface area contributed by atoms with Crippen LogP contribution < -0.4 is 5.32 Å². The van der Waals surface area contributed by atoms with Gasteiger partial charge in [-0.2, -0.15) is 8.42 Å². The fourth-order valence-corrected chi connectivity index (χ4v) is 7.24. The molecule has 1 amide bonds. The molecule has 251 valence electrons. The molecule has 1 unspecified atom stereocenters. The fourth-order valence-electron chi connectivity index (χ4n) is 5.60. The summed E-state index contributed by atoms with van der Waals surface area (Å²) in [6, 6.07) is 23.9. The molecule has 0 aliphatic heterocycles. The van der Waals surface area contributed by atoms with Crippen molar-refractivity contribution in [2.75, 3.05) is 6.54 Å². The number of hydrogen-bond donors (Lipinski definition) is 2. The second-order valence-corrected chi connectivity index (χ2v) is 14.9. The van der Waals surface area contributed by atoms with Gasteiger partial charge in [0.25, 0.3) is 16.0 Å². The van der Waals surface area contributed by atoms with Gasteiger partial charge in [0.05, 0.1) is 4.90 Å². The van der Waals surface area contributed by atoms with Crippen molar-refractivity contribution in [2.24, 2.45) is 0 Å². The van der Waals surface area contributed by atoms with Crippen LogP contribution in [0.15, 0.2) is 88.7 Å². The SMILES string of the molecule is CCCCCCCCCCCCCCCCCCNC(=O)c1cccc(SC([CH]c2ccc(S(=O)(=O)O)cc2)c2ccccc2)c1. The first-order valence-corrected chi connectivity index (χ1v) is 19.7. The molecule has 2 N–H and O–H groups in total. The van der Waals surface area contributed by atoms with Crippen LogP contribution in [-0.4, -0.2) is 25.4 Å². The first-order chi connectivity index (χ1) is 22.4. The summed E-state index contributed by atoms with van der Waals surface area (Å²) < 4.78 is 32.2. The number of carbonyl (C=O) groups excluding carboxylic acids is 1. The number of amides is 1. The molecule has 7 heteroatoms. The summed E-state index contributed by atoms with van der Waals surface area (Å²) in [5, 5.41) is 3.02. The first kappa shape index (κ1) is 37.8. The molecule has 3 rings (SSSR count). The van der Waals surface area contributed by atoms with Crippen LogP contribution >= 0.6 is 11.8 Å². The number of benzene rings is 3. The van der Waals surface area contributed by atoms with Crippen molar-refractivity contribution in [3.63, 3.8) is 0 Å². The number of unbranched alkanes of at least 4 members (excludes halogenated alkanes) is 15. The van der Waals surface area contributed by atoms with Crippen molar-refractivity contribution in [3.8, 4) is 0 Å². The minimum Gasteiger partial charge on any atom is -0.352 e. The van der Waals surface area contributed by atoms with E-state index >= 15 is 0 Å². The van der Waals surface area contributed by atoms with E-state index in [1.54, 1.807) is 23.9 Å². The van der Waals surface area contributed by atoms with Crippen molar-refractivity contribution >= 4 is 27.8 Å².